The Morgan fingerprint density at radius 2 is 2.12 bits per heavy atom. The number of hydrogen-bond donors (Lipinski definition) is 2. The van der Waals surface area contributed by atoms with E-state index in [2.05, 4.69) is 30.1 Å². The number of nitrogens with one attached hydrogen (secondary N) is 2. The maximum atomic E-state index is 4.37. The molecule has 2 N–H and O–H groups in total. The van der Waals surface area contributed by atoms with Crippen molar-refractivity contribution in [1.82, 2.24) is 25.1 Å². The molecule has 2 aliphatic rings. The van der Waals surface area contributed by atoms with Gasteiger partial charge in [-0.3, -0.25) is 9.89 Å². The number of halogens is 1. The Morgan fingerprint density at radius 3 is 2.79 bits per heavy atom. The summed E-state index contributed by atoms with van der Waals surface area (Å²) in [5.74, 6) is 1.97. The van der Waals surface area contributed by atoms with Gasteiger partial charge in [0.2, 0.25) is 0 Å². The van der Waals surface area contributed by atoms with E-state index in [1.54, 1.807) is 0 Å². The highest BCUT2D eigenvalue weighted by molar-refractivity contribution is 14.0. The van der Waals surface area contributed by atoms with E-state index in [4.69, 9.17) is 0 Å². The topological polar surface area (TPSA) is 57.5 Å². The van der Waals surface area contributed by atoms with Gasteiger partial charge in [0.25, 0.3) is 0 Å². The maximum Gasteiger partial charge on any atom is 0.191 e. The van der Waals surface area contributed by atoms with Gasteiger partial charge in [-0.25, -0.2) is 4.98 Å². The van der Waals surface area contributed by atoms with Crippen LogP contribution in [0.5, 0.6) is 0 Å². The van der Waals surface area contributed by atoms with Crippen LogP contribution in [0.15, 0.2) is 17.4 Å². The molecule has 6 nitrogen and oxygen atoms in total. The zero-order chi connectivity index (χ0) is 16.1. The zero-order valence-corrected chi connectivity index (χ0v) is 17.2. The molecule has 3 rings (SSSR count). The summed E-state index contributed by atoms with van der Waals surface area (Å²) in [5, 5.41) is 7.00. The van der Waals surface area contributed by atoms with Crippen molar-refractivity contribution >= 4 is 29.9 Å². The van der Waals surface area contributed by atoms with E-state index in [9.17, 15) is 0 Å². The summed E-state index contributed by atoms with van der Waals surface area (Å²) in [5.41, 5.74) is 0. The van der Waals surface area contributed by atoms with Gasteiger partial charge < -0.3 is 15.2 Å². The second-order valence-electron chi connectivity index (χ2n) is 6.73. The largest absolute Gasteiger partial charge is 0.355 e. The van der Waals surface area contributed by atoms with Crippen molar-refractivity contribution < 1.29 is 0 Å². The molecule has 1 aromatic heterocycles. The van der Waals surface area contributed by atoms with Crippen molar-refractivity contribution in [2.45, 2.75) is 57.7 Å². The summed E-state index contributed by atoms with van der Waals surface area (Å²) in [6.07, 6.45) is 10.7. The number of nitrogens with zero attached hydrogens (tertiary/aromatic N) is 4. The first-order valence-electron chi connectivity index (χ1n) is 8.95. The Labute approximate surface area is 162 Å². The summed E-state index contributed by atoms with van der Waals surface area (Å²) in [4.78, 5) is 11.3. The highest BCUT2D eigenvalue weighted by atomic mass is 127. The number of aromatic nitrogens is 2. The number of hydrogen-bond acceptors (Lipinski definition) is 3. The van der Waals surface area contributed by atoms with Gasteiger partial charge in [-0.2, -0.15) is 0 Å². The molecule has 0 spiro atoms. The monoisotopic (exact) mass is 446 g/mol. The quantitative estimate of drug-likeness (QED) is 0.413. The first-order chi connectivity index (χ1) is 11.3. The van der Waals surface area contributed by atoms with Crippen LogP contribution in [-0.4, -0.2) is 59.2 Å². The Kier molecular flexibility index (Phi) is 7.80. The molecule has 1 saturated heterocycles. The van der Waals surface area contributed by atoms with Crippen LogP contribution in [0.1, 0.15) is 37.9 Å². The molecular formula is C17H31IN6. The van der Waals surface area contributed by atoms with Gasteiger partial charge in [0.1, 0.15) is 5.82 Å². The van der Waals surface area contributed by atoms with Crippen molar-refractivity contribution in [3.63, 3.8) is 0 Å². The Hall–Kier alpha value is -0.830. The first kappa shape index (κ1) is 19.5. The standard InChI is InChI=1S/C17H30N6.HI/c1-14-19-8-11-22(14)12-9-20-17(18-2)21-15-7-10-23(13-15)16-5-3-4-6-16;/h8,11,15-16H,3-7,9-10,12-13H2,1-2H3,(H2,18,20,21);1H. The third-order valence-electron chi connectivity index (χ3n) is 5.19. The van der Waals surface area contributed by atoms with Crippen LogP contribution < -0.4 is 10.6 Å². The SMILES string of the molecule is CN=C(NCCn1ccnc1C)NC1CCN(C2CCCC2)C1.I. The van der Waals surface area contributed by atoms with Crippen molar-refractivity contribution in [2.75, 3.05) is 26.7 Å². The van der Waals surface area contributed by atoms with Crippen LogP contribution in [0.2, 0.25) is 0 Å². The van der Waals surface area contributed by atoms with Crippen LogP contribution in [0.3, 0.4) is 0 Å². The van der Waals surface area contributed by atoms with E-state index in [0.717, 1.165) is 37.5 Å². The van der Waals surface area contributed by atoms with E-state index in [0.29, 0.717) is 6.04 Å². The Bertz CT molecular complexity index is 523. The van der Waals surface area contributed by atoms with Crippen LogP contribution in [-0.2, 0) is 6.54 Å². The van der Waals surface area contributed by atoms with Gasteiger partial charge in [-0.1, -0.05) is 12.8 Å². The average molecular weight is 446 g/mol. The van der Waals surface area contributed by atoms with Crippen LogP contribution in [0, 0.1) is 6.92 Å². The molecule has 24 heavy (non-hydrogen) atoms. The lowest BCUT2D eigenvalue weighted by Crippen LogP contribution is -2.46. The minimum atomic E-state index is 0. The van der Waals surface area contributed by atoms with Crippen LogP contribution >= 0.6 is 24.0 Å². The van der Waals surface area contributed by atoms with Crippen LogP contribution in [0.25, 0.3) is 0 Å². The van der Waals surface area contributed by atoms with Crippen molar-refractivity contribution in [1.29, 1.82) is 0 Å². The second-order valence-corrected chi connectivity index (χ2v) is 6.73. The molecule has 2 fully saturated rings. The van der Waals surface area contributed by atoms with E-state index in [1.807, 2.05) is 26.4 Å². The fourth-order valence-electron chi connectivity index (χ4n) is 3.83. The molecule has 0 bridgehead atoms. The molecule has 1 atom stereocenters. The number of imidazole rings is 1. The molecular weight excluding hydrogens is 415 g/mol. The molecule has 1 aliphatic heterocycles. The number of aryl methyl sites for hydroxylation is 1. The van der Waals surface area contributed by atoms with Gasteiger partial charge in [-0.05, 0) is 26.2 Å². The molecule has 0 amide bonds. The molecule has 1 unspecified atom stereocenters. The van der Waals surface area contributed by atoms with Crippen molar-refractivity contribution in [2.24, 2.45) is 4.99 Å². The van der Waals surface area contributed by atoms with Gasteiger partial charge in [0.15, 0.2) is 5.96 Å². The third-order valence-corrected chi connectivity index (χ3v) is 5.19. The molecule has 7 heteroatoms. The molecule has 0 aromatic carbocycles. The Balaban J connectivity index is 0.00000208. The molecule has 2 heterocycles. The Morgan fingerprint density at radius 1 is 1.33 bits per heavy atom. The number of likely N-dealkylation sites (tertiary alicyclic amines) is 1. The van der Waals surface area contributed by atoms with Gasteiger partial charge in [0.05, 0.1) is 0 Å². The van der Waals surface area contributed by atoms with Gasteiger partial charge >= 0.3 is 0 Å². The number of guanidine groups is 1. The number of rotatable bonds is 5. The molecule has 1 aromatic rings. The fourth-order valence-corrected chi connectivity index (χ4v) is 3.83. The molecule has 1 saturated carbocycles. The smallest absolute Gasteiger partial charge is 0.191 e. The third kappa shape index (κ3) is 5.08. The summed E-state index contributed by atoms with van der Waals surface area (Å²) in [7, 11) is 1.85. The first-order valence-corrected chi connectivity index (χ1v) is 8.95. The van der Waals surface area contributed by atoms with Crippen molar-refractivity contribution in [3.8, 4) is 0 Å². The predicted molar refractivity (Wildman–Crippen MR) is 109 cm³/mol. The van der Waals surface area contributed by atoms with E-state index in [-0.39, 0.29) is 24.0 Å². The van der Waals surface area contributed by atoms with E-state index in [1.165, 1.54) is 38.6 Å². The average Bonchev–Trinajstić information content (AvgIpc) is 3.28. The molecule has 0 radical (unpaired) electrons. The minimum absolute atomic E-state index is 0. The summed E-state index contributed by atoms with van der Waals surface area (Å²) in [6, 6.07) is 1.36. The number of aliphatic imine (C=N–C) groups is 1. The molecule has 136 valence electrons. The highest BCUT2D eigenvalue weighted by Gasteiger charge is 2.30. The van der Waals surface area contributed by atoms with Crippen molar-refractivity contribution in [3.05, 3.63) is 18.2 Å². The van der Waals surface area contributed by atoms with E-state index < -0.39 is 0 Å². The lowest BCUT2D eigenvalue weighted by molar-refractivity contribution is 0.242. The van der Waals surface area contributed by atoms with E-state index >= 15 is 0 Å². The summed E-state index contributed by atoms with van der Waals surface area (Å²) in [6.45, 7) is 6.18. The fraction of sp³-hybridized carbons (Fsp3) is 0.765. The van der Waals surface area contributed by atoms with Gasteiger partial charge in [0, 0.05) is 57.7 Å². The van der Waals surface area contributed by atoms with Gasteiger partial charge in [-0.15, -0.1) is 24.0 Å². The summed E-state index contributed by atoms with van der Waals surface area (Å²) < 4.78 is 2.15. The lowest BCUT2D eigenvalue weighted by Gasteiger charge is -2.24. The second kappa shape index (κ2) is 9.60. The molecule has 1 aliphatic carbocycles. The minimum Gasteiger partial charge on any atom is -0.355 e. The predicted octanol–water partition coefficient (Wildman–Crippen LogP) is 1.99. The lowest BCUT2D eigenvalue weighted by atomic mass is 10.2. The summed E-state index contributed by atoms with van der Waals surface area (Å²) >= 11 is 0. The van der Waals surface area contributed by atoms with Crippen LogP contribution in [0.4, 0.5) is 0 Å². The highest BCUT2D eigenvalue weighted by Crippen LogP contribution is 2.26. The zero-order valence-electron chi connectivity index (χ0n) is 14.9. The maximum absolute atomic E-state index is 4.37. The normalized spacial score (nSPS) is 22.6.